The molecule has 2 amide bonds. The third-order valence-electron chi connectivity index (χ3n) is 7.40. The molecule has 1 saturated heterocycles. The second-order valence-corrected chi connectivity index (χ2v) is 13.1. The molecule has 228 valence electrons. The summed E-state index contributed by atoms with van der Waals surface area (Å²) in [6.07, 6.45) is 0.991. The number of aryl methyl sites for hydroxylation is 1. The molecule has 0 atom stereocenters. The van der Waals surface area contributed by atoms with Crippen LogP contribution < -0.4 is 14.8 Å². The molecule has 1 aliphatic rings. The van der Waals surface area contributed by atoms with Gasteiger partial charge in [-0.2, -0.15) is 0 Å². The van der Waals surface area contributed by atoms with Crippen LogP contribution in [0.1, 0.15) is 34.3 Å². The number of carbonyl (C=O) groups excluding carboxylic acids is 2. The van der Waals surface area contributed by atoms with Crippen LogP contribution in [-0.2, 0) is 21.4 Å². The van der Waals surface area contributed by atoms with Crippen molar-refractivity contribution in [3.8, 4) is 11.5 Å². The van der Waals surface area contributed by atoms with Crippen LogP contribution in [0.5, 0.6) is 11.5 Å². The summed E-state index contributed by atoms with van der Waals surface area (Å²) in [7, 11) is -4.06. The number of rotatable bonds is 9. The number of likely N-dealkylation sites (tertiary alicyclic amines) is 1. The van der Waals surface area contributed by atoms with Crippen LogP contribution in [0.25, 0.3) is 0 Å². The molecule has 0 radical (unpaired) electrons. The van der Waals surface area contributed by atoms with E-state index >= 15 is 0 Å². The zero-order valence-corrected chi connectivity index (χ0v) is 26.3. The van der Waals surface area contributed by atoms with Gasteiger partial charge >= 0.3 is 0 Å². The second-order valence-electron chi connectivity index (χ2n) is 10.6. The molecule has 0 bridgehead atoms. The summed E-state index contributed by atoms with van der Waals surface area (Å²) in [5.74, 6) is 0.224. The maximum Gasteiger partial charge on any atom is 0.261 e. The minimum absolute atomic E-state index is 0.0187. The van der Waals surface area contributed by atoms with Crippen LogP contribution in [0.2, 0.25) is 10.0 Å². The number of nitrogens with zero attached hydrogens (tertiary/aromatic N) is 1. The average Bonchev–Trinajstić information content (AvgIpc) is 3.02. The molecular weight excluding hydrogens is 621 g/mol. The van der Waals surface area contributed by atoms with Gasteiger partial charge in [-0.15, -0.1) is 0 Å². The zero-order chi connectivity index (χ0) is 31.3. The number of ether oxygens (including phenoxy) is 1. The normalized spacial score (nSPS) is 13.8. The predicted molar refractivity (Wildman–Crippen MR) is 172 cm³/mol. The van der Waals surface area contributed by atoms with E-state index in [4.69, 9.17) is 27.9 Å². The predicted octanol–water partition coefficient (Wildman–Crippen LogP) is 7.06. The van der Waals surface area contributed by atoms with Gasteiger partial charge in [-0.1, -0.05) is 65.2 Å². The van der Waals surface area contributed by atoms with E-state index in [0.29, 0.717) is 54.0 Å². The summed E-state index contributed by atoms with van der Waals surface area (Å²) in [4.78, 5) is 27.9. The van der Waals surface area contributed by atoms with Gasteiger partial charge in [0.05, 0.1) is 21.2 Å². The van der Waals surface area contributed by atoms with E-state index in [1.807, 2.05) is 31.2 Å². The topological polar surface area (TPSA) is 105 Å². The van der Waals surface area contributed by atoms with Crippen molar-refractivity contribution in [2.24, 2.45) is 5.92 Å². The van der Waals surface area contributed by atoms with Crippen molar-refractivity contribution in [2.75, 3.05) is 17.8 Å². The fourth-order valence-electron chi connectivity index (χ4n) is 4.88. The highest BCUT2D eigenvalue weighted by Crippen LogP contribution is 2.31. The number of para-hydroxylation sites is 1. The lowest BCUT2D eigenvalue weighted by Gasteiger charge is -2.32. The smallest absolute Gasteiger partial charge is 0.261 e. The number of sulfonamides is 1. The summed E-state index contributed by atoms with van der Waals surface area (Å²) < 4.78 is 34.8. The highest BCUT2D eigenvalue weighted by molar-refractivity contribution is 7.92. The lowest BCUT2D eigenvalue weighted by Crippen LogP contribution is -2.43. The van der Waals surface area contributed by atoms with Gasteiger partial charge in [0.25, 0.3) is 15.9 Å². The molecule has 4 aromatic rings. The molecule has 11 heteroatoms. The highest BCUT2D eigenvalue weighted by Gasteiger charge is 2.29. The van der Waals surface area contributed by atoms with Crippen LogP contribution in [0.15, 0.2) is 95.9 Å². The first-order chi connectivity index (χ1) is 21.1. The van der Waals surface area contributed by atoms with Gasteiger partial charge in [0.15, 0.2) is 0 Å². The Labute approximate surface area is 267 Å². The van der Waals surface area contributed by atoms with Gasteiger partial charge in [0.1, 0.15) is 11.5 Å². The quantitative estimate of drug-likeness (QED) is 0.202. The van der Waals surface area contributed by atoms with Crippen molar-refractivity contribution in [1.82, 2.24) is 10.2 Å². The maximum absolute atomic E-state index is 13.6. The van der Waals surface area contributed by atoms with E-state index in [2.05, 4.69) is 10.0 Å². The first kappa shape index (κ1) is 31.4. The number of benzene rings is 4. The Bertz CT molecular complexity index is 1760. The van der Waals surface area contributed by atoms with Gasteiger partial charge in [-0.25, -0.2) is 8.42 Å². The Morgan fingerprint density at radius 1 is 0.909 bits per heavy atom. The fourth-order valence-corrected chi connectivity index (χ4v) is 6.31. The monoisotopic (exact) mass is 651 g/mol. The Morgan fingerprint density at radius 3 is 2.27 bits per heavy atom. The molecule has 0 spiro atoms. The Balaban J connectivity index is 1.22. The molecule has 5 rings (SSSR count). The number of halogens is 2. The van der Waals surface area contributed by atoms with E-state index in [-0.39, 0.29) is 33.9 Å². The summed E-state index contributed by atoms with van der Waals surface area (Å²) >= 11 is 12.4. The minimum Gasteiger partial charge on any atom is -0.456 e. The summed E-state index contributed by atoms with van der Waals surface area (Å²) in [6, 6.07) is 25.2. The average molecular weight is 653 g/mol. The van der Waals surface area contributed by atoms with Crippen molar-refractivity contribution in [1.29, 1.82) is 0 Å². The van der Waals surface area contributed by atoms with Gasteiger partial charge in [-0.05, 0) is 79.9 Å². The van der Waals surface area contributed by atoms with Gasteiger partial charge in [0.2, 0.25) is 5.91 Å². The van der Waals surface area contributed by atoms with Gasteiger partial charge < -0.3 is 15.0 Å². The molecule has 1 heterocycles. The number of hydrogen-bond donors (Lipinski definition) is 2. The van der Waals surface area contributed by atoms with E-state index in [0.717, 1.165) is 11.1 Å². The molecule has 44 heavy (non-hydrogen) atoms. The number of carbonyl (C=O) groups is 2. The van der Waals surface area contributed by atoms with E-state index < -0.39 is 10.0 Å². The number of amides is 2. The molecule has 0 aliphatic carbocycles. The lowest BCUT2D eigenvalue weighted by atomic mass is 9.95. The minimum atomic E-state index is -4.06. The van der Waals surface area contributed by atoms with E-state index in [9.17, 15) is 18.0 Å². The van der Waals surface area contributed by atoms with Crippen molar-refractivity contribution in [3.05, 3.63) is 118 Å². The number of piperidine rings is 1. The molecule has 0 unspecified atom stereocenters. The fraction of sp³-hybridized carbons (Fsp3) is 0.212. The van der Waals surface area contributed by atoms with Crippen molar-refractivity contribution in [2.45, 2.75) is 31.2 Å². The summed E-state index contributed by atoms with van der Waals surface area (Å²) in [5, 5.41) is 3.71. The Morgan fingerprint density at radius 2 is 1.59 bits per heavy atom. The van der Waals surface area contributed by atoms with Gasteiger partial charge in [-0.3, -0.25) is 14.3 Å². The molecular formula is C33H31Cl2N3O5S. The number of nitrogens with one attached hydrogen (secondary N) is 2. The van der Waals surface area contributed by atoms with Crippen LogP contribution in [-0.4, -0.2) is 38.2 Å². The molecule has 8 nitrogen and oxygen atoms in total. The third-order valence-corrected chi connectivity index (χ3v) is 9.32. The van der Waals surface area contributed by atoms with E-state index in [1.165, 1.54) is 42.5 Å². The zero-order valence-electron chi connectivity index (χ0n) is 23.9. The Kier molecular flexibility index (Phi) is 9.78. The maximum atomic E-state index is 13.6. The molecule has 0 aromatic heterocycles. The molecule has 1 fully saturated rings. The van der Waals surface area contributed by atoms with Crippen LogP contribution in [0.4, 0.5) is 5.69 Å². The Hall–Kier alpha value is -4.05. The molecule has 0 saturated carbocycles. The highest BCUT2D eigenvalue weighted by atomic mass is 35.5. The largest absolute Gasteiger partial charge is 0.456 e. The SMILES string of the molecule is Cc1ccc(CNC(=O)C2CCN(C(=O)c3cc(Cl)ccc3NS(=O)(=O)c3ccc(Oc4ccccc4Cl)cc3)CC2)cc1. The first-order valence-corrected chi connectivity index (χ1v) is 16.3. The molecule has 2 N–H and O–H groups in total. The summed E-state index contributed by atoms with van der Waals surface area (Å²) in [6.45, 7) is 3.17. The number of anilines is 1. The number of hydrogen-bond acceptors (Lipinski definition) is 5. The lowest BCUT2D eigenvalue weighted by molar-refractivity contribution is -0.126. The first-order valence-electron chi connectivity index (χ1n) is 14.1. The second kappa shape index (κ2) is 13.7. The molecule has 1 aliphatic heterocycles. The van der Waals surface area contributed by atoms with Crippen molar-refractivity contribution in [3.63, 3.8) is 0 Å². The van der Waals surface area contributed by atoms with Crippen molar-refractivity contribution >= 4 is 50.7 Å². The van der Waals surface area contributed by atoms with Crippen molar-refractivity contribution < 1.29 is 22.7 Å². The summed E-state index contributed by atoms with van der Waals surface area (Å²) in [5.41, 5.74) is 2.41. The van der Waals surface area contributed by atoms with E-state index in [1.54, 1.807) is 29.2 Å². The van der Waals surface area contributed by atoms with Gasteiger partial charge in [0, 0.05) is 30.6 Å². The third kappa shape index (κ3) is 7.72. The standard InChI is InChI=1S/C33H31Cl2N3O5S/c1-22-6-8-23(9-7-22)21-36-32(39)24-16-18-38(19-17-24)33(40)28-20-25(34)10-15-30(28)37-44(41,42)27-13-11-26(12-14-27)43-31-5-3-2-4-29(31)35/h2-15,20,24,37H,16-19,21H2,1H3,(H,36,39). The van der Waals surface area contributed by atoms with Crippen LogP contribution in [0, 0.1) is 12.8 Å². The van der Waals surface area contributed by atoms with Crippen LogP contribution >= 0.6 is 23.2 Å². The molecule has 4 aromatic carbocycles. The van der Waals surface area contributed by atoms with Crippen LogP contribution in [0.3, 0.4) is 0 Å².